The summed E-state index contributed by atoms with van der Waals surface area (Å²) in [5.74, 6) is -1.52. The first-order valence-electron chi connectivity index (χ1n) is 5.02. The molecule has 1 saturated heterocycles. The minimum atomic E-state index is -1.24. The maximum Gasteiger partial charge on any atom is 0.251 e. The number of halogens is 3. The minimum absolute atomic E-state index is 0.0820. The maximum absolute atomic E-state index is 13.4. The van der Waals surface area contributed by atoms with Crippen LogP contribution in [-0.2, 0) is 0 Å². The Bertz CT molecular complexity index is 379. The number of aromatic nitrogens is 1. The summed E-state index contributed by atoms with van der Waals surface area (Å²) in [7, 11) is 0. The highest BCUT2D eigenvalue weighted by atomic mass is 32.2. The molecule has 0 atom stereocenters. The van der Waals surface area contributed by atoms with E-state index in [4.69, 9.17) is 0 Å². The fourth-order valence-corrected chi connectivity index (χ4v) is 2.50. The van der Waals surface area contributed by atoms with Gasteiger partial charge in [-0.25, -0.2) is 8.78 Å². The summed E-state index contributed by atoms with van der Waals surface area (Å²) in [6.07, 6.45) is 0.894. The van der Waals surface area contributed by atoms with Crippen molar-refractivity contribution in [3.05, 3.63) is 23.6 Å². The fraction of sp³-hybridized carbons (Fsp3) is 0.500. The molecule has 0 aromatic carbocycles. The van der Waals surface area contributed by atoms with Crippen LogP contribution in [0.5, 0.6) is 0 Å². The first-order chi connectivity index (χ1) is 7.68. The van der Waals surface area contributed by atoms with Gasteiger partial charge in [-0.15, -0.1) is 0 Å². The van der Waals surface area contributed by atoms with Gasteiger partial charge in [-0.3, -0.25) is 0 Å². The van der Waals surface area contributed by atoms with Crippen LogP contribution in [0.4, 0.5) is 19.0 Å². The Morgan fingerprint density at radius 3 is 2.75 bits per heavy atom. The molecule has 1 fully saturated rings. The second-order valence-corrected chi connectivity index (χ2v) is 4.74. The lowest BCUT2D eigenvalue weighted by molar-refractivity contribution is 0.463. The fourth-order valence-electron chi connectivity index (χ4n) is 1.61. The number of hydrogen-bond acceptors (Lipinski definition) is 3. The van der Waals surface area contributed by atoms with E-state index in [1.807, 2.05) is 0 Å². The third-order valence-electron chi connectivity index (χ3n) is 2.39. The van der Waals surface area contributed by atoms with Gasteiger partial charge in [0, 0.05) is 24.9 Å². The van der Waals surface area contributed by atoms with Gasteiger partial charge in [0.2, 0.25) is 0 Å². The van der Waals surface area contributed by atoms with E-state index in [0.29, 0.717) is 19.2 Å². The van der Waals surface area contributed by atoms with Gasteiger partial charge in [0.15, 0.2) is 17.5 Å². The quantitative estimate of drug-likeness (QED) is 0.710. The van der Waals surface area contributed by atoms with Gasteiger partial charge in [-0.1, -0.05) is 0 Å². The van der Waals surface area contributed by atoms with Gasteiger partial charge in [-0.2, -0.15) is 21.1 Å². The third-order valence-corrected chi connectivity index (χ3v) is 3.44. The molecule has 0 unspecified atom stereocenters. The van der Waals surface area contributed by atoms with Crippen LogP contribution in [0.2, 0.25) is 0 Å². The van der Waals surface area contributed by atoms with Gasteiger partial charge < -0.3 is 4.90 Å². The SMILES string of the molecule is Fc1cc(F)c(N2CCCSCC2)nc1F. The van der Waals surface area contributed by atoms with E-state index in [-0.39, 0.29) is 5.82 Å². The zero-order chi connectivity index (χ0) is 11.5. The Labute approximate surface area is 95.8 Å². The molecule has 0 spiro atoms. The van der Waals surface area contributed by atoms with Crippen molar-refractivity contribution in [2.45, 2.75) is 6.42 Å². The van der Waals surface area contributed by atoms with Crippen LogP contribution in [-0.4, -0.2) is 29.6 Å². The highest BCUT2D eigenvalue weighted by molar-refractivity contribution is 7.99. The summed E-state index contributed by atoms with van der Waals surface area (Å²) in [6.45, 7) is 1.24. The topological polar surface area (TPSA) is 16.1 Å². The van der Waals surface area contributed by atoms with Gasteiger partial charge in [0.1, 0.15) is 0 Å². The molecule has 2 nitrogen and oxygen atoms in total. The standard InChI is InChI=1S/C10H11F3N2S/c11-7-6-8(12)10(14-9(7)13)15-2-1-4-16-5-3-15/h6H,1-5H2. The number of hydrogen-bond donors (Lipinski definition) is 0. The van der Waals surface area contributed by atoms with Crippen LogP contribution in [0.25, 0.3) is 0 Å². The monoisotopic (exact) mass is 248 g/mol. The van der Waals surface area contributed by atoms with Gasteiger partial charge in [0.05, 0.1) is 0 Å². The molecule has 16 heavy (non-hydrogen) atoms. The summed E-state index contributed by atoms with van der Waals surface area (Å²) in [4.78, 5) is 5.00. The molecule has 0 saturated carbocycles. The Morgan fingerprint density at radius 1 is 1.12 bits per heavy atom. The molecule has 0 bridgehead atoms. The zero-order valence-electron chi connectivity index (χ0n) is 8.55. The number of nitrogens with zero attached hydrogens (tertiary/aromatic N) is 2. The third kappa shape index (κ3) is 2.42. The molecule has 1 aromatic heterocycles. The van der Waals surface area contributed by atoms with Crippen molar-refractivity contribution in [1.29, 1.82) is 0 Å². The summed E-state index contributed by atoms with van der Waals surface area (Å²) >= 11 is 1.77. The van der Waals surface area contributed by atoms with Crippen molar-refractivity contribution in [2.75, 3.05) is 29.5 Å². The molecule has 0 N–H and O–H groups in total. The second kappa shape index (κ2) is 4.95. The Kier molecular flexibility index (Phi) is 3.58. The average Bonchev–Trinajstić information content (AvgIpc) is 2.52. The van der Waals surface area contributed by atoms with Gasteiger partial charge in [0.25, 0.3) is 5.95 Å². The normalized spacial score (nSPS) is 17.3. The van der Waals surface area contributed by atoms with Crippen LogP contribution in [0.1, 0.15) is 6.42 Å². The average molecular weight is 248 g/mol. The van der Waals surface area contributed by atoms with Crippen LogP contribution in [0.3, 0.4) is 0 Å². The first kappa shape index (κ1) is 11.6. The first-order valence-corrected chi connectivity index (χ1v) is 6.18. The Morgan fingerprint density at radius 2 is 1.94 bits per heavy atom. The summed E-state index contributed by atoms with van der Waals surface area (Å²) in [5.41, 5.74) is 0. The van der Waals surface area contributed by atoms with Crippen molar-refractivity contribution in [3.8, 4) is 0 Å². The predicted molar refractivity (Wildman–Crippen MR) is 58.3 cm³/mol. The molecule has 0 amide bonds. The largest absolute Gasteiger partial charge is 0.353 e. The molecular weight excluding hydrogens is 237 g/mol. The van der Waals surface area contributed by atoms with Gasteiger partial charge >= 0.3 is 0 Å². The van der Waals surface area contributed by atoms with Crippen LogP contribution < -0.4 is 4.90 Å². The van der Waals surface area contributed by atoms with E-state index in [2.05, 4.69) is 4.98 Å². The summed E-state index contributed by atoms with van der Waals surface area (Å²) in [5, 5.41) is 0. The van der Waals surface area contributed by atoms with Crippen molar-refractivity contribution in [3.63, 3.8) is 0 Å². The lowest BCUT2D eigenvalue weighted by Crippen LogP contribution is -2.28. The van der Waals surface area contributed by atoms with E-state index in [1.165, 1.54) is 0 Å². The highest BCUT2D eigenvalue weighted by Gasteiger charge is 2.18. The Hall–Kier alpha value is -0.910. The van der Waals surface area contributed by atoms with E-state index in [1.54, 1.807) is 16.7 Å². The molecule has 1 aliphatic rings. The Balaban J connectivity index is 2.27. The molecule has 0 aliphatic carbocycles. The summed E-state index contributed by atoms with van der Waals surface area (Å²) < 4.78 is 39.1. The zero-order valence-corrected chi connectivity index (χ0v) is 9.37. The smallest absolute Gasteiger partial charge is 0.251 e. The molecule has 2 heterocycles. The van der Waals surface area contributed by atoms with E-state index in [9.17, 15) is 13.2 Å². The van der Waals surface area contributed by atoms with Crippen molar-refractivity contribution >= 4 is 17.6 Å². The van der Waals surface area contributed by atoms with E-state index >= 15 is 0 Å². The molecule has 1 aliphatic heterocycles. The molecule has 1 aromatic rings. The lowest BCUT2D eigenvalue weighted by Gasteiger charge is -2.21. The van der Waals surface area contributed by atoms with Crippen molar-refractivity contribution in [2.24, 2.45) is 0 Å². The molecule has 0 radical (unpaired) electrons. The maximum atomic E-state index is 13.4. The minimum Gasteiger partial charge on any atom is -0.353 e. The predicted octanol–water partition coefficient (Wildman–Crippen LogP) is 2.44. The molecule has 6 heteroatoms. The number of rotatable bonds is 1. The van der Waals surface area contributed by atoms with Crippen LogP contribution in [0, 0.1) is 17.6 Å². The number of thioether (sulfide) groups is 1. The summed E-state index contributed by atoms with van der Waals surface area (Å²) in [6, 6.07) is 0.551. The number of pyridine rings is 1. The highest BCUT2D eigenvalue weighted by Crippen LogP contribution is 2.21. The number of anilines is 1. The van der Waals surface area contributed by atoms with E-state index in [0.717, 1.165) is 17.9 Å². The van der Waals surface area contributed by atoms with Crippen molar-refractivity contribution in [1.82, 2.24) is 4.98 Å². The van der Waals surface area contributed by atoms with Crippen LogP contribution >= 0.6 is 11.8 Å². The molecule has 2 rings (SSSR count). The van der Waals surface area contributed by atoms with Crippen LogP contribution in [0.15, 0.2) is 6.07 Å². The second-order valence-electron chi connectivity index (χ2n) is 3.52. The van der Waals surface area contributed by atoms with Crippen molar-refractivity contribution < 1.29 is 13.2 Å². The molecule has 88 valence electrons. The van der Waals surface area contributed by atoms with Gasteiger partial charge in [-0.05, 0) is 12.2 Å². The van der Waals surface area contributed by atoms with E-state index < -0.39 is 17.6 Å². The lowest BCUT2D eigenvalue weighted by atomic mass is 10.3. The molecular formula is C10H11F3N2S.